The van der Waals surface area contributed by atoms with Crippen LogP contribution in [-0.2, 0) is 0 Å². The van der Waals surface area contributed by atoms with E-state index in [9.17, 15) is 0 Å². The molecule has 0 bridgehead atoms. The van der Waals surface area contributed by atoms with E-state index >= 15 is 0 Å². The first-order valence-electron chi connectivity index (χ1n) is 51.8. The van der Waals surface area contributed by atoms with Gasteiger partial charge in [-0.3, -0.25) is 0 Å². The second-order valence-electron chi connectivity index (χ2n) is 38.2. The van der Waals surface area contributed by atoms with E-state index in [4.69, 9.17) is 0 Å². The molecule has 0 heteroatoms. The van der Waals surface area contributed by atoms with Crippen molar-refractivity contribution in [1.29, 1.82) is 0 Å². The Bertz CT molecular complexity index is 8300. The van der Waals surface area contributed by atoms with Crippen molar-refractivity contribution < 1.29 is 0 Å². The van der Waals surface area contributed by atoms with Crippen molar-refractivity contribution in [3.63, 3.8) is 0 Å². The molecular weight excluding hydrogens is 1800 g/mol. The van der Waals surface area contributed by atoms with Crippen LogP contribution in [0.4, 0.5) is 0 Å². The molecule has 0 aliphatic carbocycles. The SMILES string of the molecule is Cc1ccc(-c2cc(-c3ccccc3)cc(-c3ccccc3)c2)cc1.Cc1ccc(-c2ccc(-c3ccccc3)c(-c3ccccc3)c2)cc1.Cc1ccc(-c2ccc(-c3ccccc3)cc2)cc1-c1ccccc1.Cc1ccc(-c2ccc(-c3ccccc3)cc2-c2ccccc2)cc1.Cc1ccc(-c2ccccc2)cc1-c1ccc(-c2ccccc2)cc1.Cc1cccc(-c2cc(-c3ccccc3)cc(-c3ccccc3)c2)c1. The highest BCUT2D eigenvalue weighted by molar-refractivity contribution is 5.91. The van der Waals surface area contributed by atoms with Crippen LogP contribution >= 0.6 is 0 Å². The van der Waals surface area contributed by atoms with E-state index in [0.29, 0.717) is 0 Å². The number of hydrogen-bond acceptors (Lipinski definition) is 0. The van der Waals surface area contributed by atoms with E-state index in [-0.39, 0.29) is 0 Å². The summed E-state index contributed by atoms with van der Waals surface area (Å²) >= 11 is 0. The lowest BCUT2D eigenvalue weighted by atomic mass is 9.91. The van der Waals surface area contributed by atoms with Crippen LogP contribution in [-0.4, -0.2) is 0 Å². The van der Waals surface area contributed by atoms with Crippen LogP contribution in [0.3, 0.4) is 0 Å². The summed E-state index contributed by atoms with van der Waals surface area (Å²) in [5, 5.41) is 0. The predicted octanol–water partition coefficient (Wildman–Crippen LogP) is 42.0. The summed E-state index contributed by atoms with van der Waals surface area (Å²) in [5.41, 5.74) is 52.9. The van der Waals surface area contributed by atoms with Crippen molar-refractivity contribution in [2.75, 3.05) is 0 Å². The monoisotopic (exact) mass is 1920 g/mol. The molecule has 0 heterocycles. The summed E-state index contributed by atoms with van der Waals surface area (Å²) in [6.07, 6.45) is 0. The lowest BCUT2D eigenvalue weighted by Gasteiger charge is -2.13. The van der Waals surface area contributed by atoms with Gasteiger partial charge in [0, 0.05) is 0 Å². The fraction of sp³-hybridized carbons (Fsp3) is 0.0400. The molecule has 0 fully saturated rings. The Kier molecular flexibility index (Phi) is 33.1. The second kappa shape index (κ2) is 49.7. The van der Waals surface area contributed by atoms with Gasteiger partial charge in [0.1, 0.15) is 0 Å². The van der Waals surface area contributed by atoms with Gasteiger partial charge in [0.25, 0.3) is 0 Å². The Morgan fingerprint density at radius 3 is 0.487 bits per heavy atom. The Labute approximate surface area is 887 Å². The van der Waals surface area contributed by atoms with Crippen molar-refractivity contribution in [3.05, 3.63) is 652 Å². The maximum absolute atomic E-state index is 2.31. The zero-order chi connectivity index (χ0) is 102. The standard InChI is InChI=1S/6C25H20/c1-19-9-8-14-22(15-19)25-17-23(20-10-4-2-5-11-20)16-24(18-25)21-12-6-3-7-13-21;1-19-12-14-22(15-13-19)25-17-23(20-8-4-2-5-9-20)16-24(18-25)21-10-6-3-7-11-21;1-19-12-14-20(15-13-19)23-16-17-24(21-8-4-2-5-9-21)25(18-23)22-10-6-3-7-11-22;1-19-12-14-22(15-13-19)24-17-16-23(20-8-4-2-5-9-20)18-25(24)21-10-6-3-7-11-21;1-19-12-13-24(18-25(19)23-10-6-3-7-11-23)22-16-14-21(15-17-22)20-8-4-2-5-9-20;1-19-12-13-24(21-10-6-3-7-11-21)18-25(19)23-16-14-22(15-17-23)20-8-4-2-5-9-20/h6*2-18H,1H3. The molecule has 0 aliphatic heterocycles. The molecule has 0 aliphatic rings. The molecular formula is C150H120. The molecule has 0 unspecified atom stereocenters. The van der Waals surface area contributed by atoms with Crippen molar-refractivity contribution in [2.45, 2.75) is 41.5 Å². The van der Waals surface area contributed by atoms with E-state index in [0.717, 1.165) is 0 Å². The average molecular weight is 1920 g/mol. The van der Waals surface area contributed by atoms with Crippen LogP contribution in [0, 0.1) is 41.5 Å². The number of rotatable bonds is 18. The summed E-state index contributed by atoms with van der Waals surface area (Å²) in [6, 6.07) is 220. The molecule has 0 nitrogen and oxygen atoms in total. The molecule has 0 radical (unpaired) electrons. The average Bonchev–Trinajstić information content (AvgIpc) is 0.807. The zero-order valence-electron chi connectivity index (χ0n) is 85.9. The van der Waals surface area contributed by atoms with Gasteiger partial charge in [-0.15, -0.1) is 0 Å². The van der Waals surface area contributed by atoms with Gasteiger partial charge in [-0.25, -0.2) is 0 Å². The van der Waals surface area contributed by atoms with Crippen LogP contribution < -0.4 is 0 Å². The summed E-state index contributed by atoms with van der Waals surface area (Å²) in [5.74, 6) is 0. The van der Waals surface area contributed by atoms with E-state index < -0.39 is 0 Å². The van der Waals surface area contributed by atoms with Crippen LogP contribution in [0.5, 0.6) is 0 Å². The molecule has 0 saturated carbocycles. The molecule has 720 valence electrons. The first kappa shape index (κ1) is 100.0. The smallest absolute Gasteiger partial charge is 0.00992 e. The van der Waals surface area contributed by atoms with Crippen molar-refractivity contribution in [2.24, 2.45) is 0 Å². The Hall–Kier alpha value is -18.7. The van der Waals surface area contributed by atoms with E-state index in [1.807, 2.05) is 0 Å². The molecule has 0 saturated heterocycles. The van der Waals surface area contributed by atoms with Crippen LogP contribution in [0.2, 0.25) is 0 Å². The molecule has 24 rings (SSSR count). The van der Waals surface area contributed by atoms with E-state index in [2.05, 4.69) is 660 Å². The molecule has 0 atom stereocenters. The minimum atomic E-state index is 1.24. The van der Waals surface area contributed by atoms with Gasteiger partial charge >= 0.3 is 0 Å². The Morgan fingerprint density at radius 2 is 0.220 bits per heavy atom. The second-order valence-corrected chi connectivity index (χ2v) is 38.2. The van der Waals surface area contributed by atoms with Gasteiger partial charge in [-0.2, -0.15) is 0 Å². The quantitative estimate of drug-likeness (QED) is 0.0803. The lowest BCUT2D eigenvalue weighted by molar-refractivity contribution is 1.45. The fourth-order valence-electron chi connectivity index (χ4n) is 19.2. The molecule has 0 N–H and O–H groups in total. The third-order valence-electron chi connectivity index (χ3n) is 27.5. The van der Waals surface area contributed by atoms with Crippen molar-refractivity contribution in [1.82, 2.24) is 0 Å². The van der Waals surface area contributed by atoms with Crippen LogP contribution in [0.25, 0.3) is 200 Å². The highest BCUT2D eigenvalue weighted by Gasteiger charge is 2.17. The minimum Gasteiger partial charge on any atom is -0.0622 e. The molecule has 0 spiro atoms. The highest BCUT2D eigenvalue weighted by Crippen LogP contribution is 2.43. The normalized spacial score (nSPS) is 10.6. The van der Waals surface area contributed by atoms with Gasteiger partial charge < -0.3 is 0 Å². The lowest BCUT2D eigenvalue weighted by Crippen LogP contribution is -1.88. The maximum atomic E-state index is 2.31. The summed E-state index contributed by atoms with van der Waals surface area (Å²) in [4.78, 5) is 0. The van der Waals surface area contributed by atoms with E-state index in [1.165, 1.54) is 234 Å². The first-order chi connectivity index (χ1) is 73.8. The van der Waals surface area contributed by atoms with E-state index in [1.54, 1.807) is 0 Å². The number of benzene rings is 24. The largest absolute Gasteiger partial charge is 0.0622 e. The summed E-state index contributed by atoms with van der Waals surface area (Å²) in [6.45, 7) is 12.9. The Morgan fingerprint density at radius 1 is 0.0733 bits per heavy atom. The zero-order valence-corrected chi connectivity index (χ0v) is 85.9. The van der Waals surface area contributed by atoms with Gasteiger partial charge in [-0.1, -0.05) is 580 Å². The molecule has 0 aromatic heterocycles. The third-order valence-corrected chi connectivity index (χ3v) is 27.5. The fourth-order valence-corrected chi connectivity index (χ4v) is 19.2. The summed E-state index contributed by atoms with van der Waals surface area (Å²) < 4.78 is 0. The maximum Gasteiger partial charge on any atom is -0.00992 e. The summed E-state index contributed by atoms with van der Waals surface area (Å²) in [7, 11) is 0. The van der Waals surface area contributed by atoms with Crippen LogP contribution in [0.15, 0.2) is 619 Å². The predicted molar refractivity (Wildman–Crippen MR) is 645 cm³/mol. The highest BCUT2D eigenvalue weighted by atomic mass is 14.2. The number of aryl methyl sites for hydroxylation is 6. The van der Waals surface area contributed by atoms with Crippen molar-refractivity contribution in [3.8, 4) is 200 Å². The minimum absolute atomic E-state index is 1.24. The van der Waals surface area contributed by atoms with Gasteiger partial charge in [0.15, 0.2) is 0 Å². The van der Waals surface area contributed by atoms with Crippen molar-refractivity contribution >= 4 is 0 Å². The Balaban J connectivity index is 0.000000113. The molecule has 24 aromatic carbocycles. The van der Waals surface area contributed by atoms with Gasteiger partial charge in [0.2, 0.25) is 0 Å². The first-order valence-corrected chi connectivity index (χ1v) is 51.8. The number of hydrogen-bond donors (Lipinski definition) is 0. The molecule has 0 amide bonds. The molecule has 150 heavy (non-hydrogen) atoms. The van der Waals surface area contributed by atoms with Crippen LogP contribution in [0.1, 0.15) is 33.4 Å². The van der Waals surface area contributed by atoms with Gasteiger partial charge in [0.05, 0.1) is 0 Å². The molecule has 24 aromatic rings. The topological polar surface area (TPSA) is 0 Å². The third kappa shape index (κ3) is 26.1. The van der Waals surface area contributed by atoms with Gasteiger partial charge in [-0.05, 0) is 314 Å².